The zero-order valence-corrected chi connectivity index (χ0v) is 19.1. The molecule has 1 aliphatic rings. The van der Waals surface area contributed by atoms with E-state index in [1.165, 1.54) is 18.2 Å². The van der Waals surface area contributed by atoms with Crippen LogP contribution in [0.25, 0.3) is 11.3 Å². The van der Waals surface area contributed by atoms with Gasteiger partial charge in [0, 0.05) is 17.4 Å². The molecule has 34 heavy (non-hydrogen) atoms. The zero-order chi connectivity index (χ0) is 23.8. The van der Waals surface area contributed by atoms with Crippen LogP contribution in [-0.2, 0) is 0 Å². The first-order chi connectivity index (χ1) is 16.4. The number of nitrogens with zero attached hydrogens (tertiary/aromatic N) is 2. The number of carboxylic acids is 1. The number of carboxylic acid groups (broad SMARTS) is 1. The number of hydrogen-bond acceptors (Lipinski definition) is 5. The molecular formula is C25H18ClN3O4S. The quantitative estimate of drug-likeness (QED) is 0.311. The molecular weight excluding hydrogens is 474 g/mol. The largest absolute Gasteiger partial charge is 0.508 e. The van der Waals surface area contributed by atoms with Crippen molar-refractivity contribution in [1.82, 2.24) is 10.3 Å². The molecule has 0 radical (unpaired) electrons. The first-order valence-corrected chi connectivity index (χ1v) is 11.1. The van der Waals surface area contributed by atoms with Crippen LogP contribution in [0.3, 0.4) is 0 Å². The monoisotopic (exact) mass is 491 g/mol. The van der Waals surface area contributed by atoms with Crippen LogP contribution < -0.4 is 10.2 Å². The summed E-state index contributed by atoms with van der Waals surface area (Å²) in [7, 11) is 0. The van der Waals surface area contributed by atoms with Gasteiger partial charge in [0.2, 0.25) is 0 Å². The number of benzene rings is 2. The number of nitrogens with one attached hydrogen (secondary N) is 1. The molecule has 2 aromatic carbocycles. The van der Waals surface area contributed by atoms with Gasteiger partial charge in [0.1, 0.15) is 23.3 Å². The minimum atomic E-state index is -1.05. The Bertz CT molecular complexity index is 1370. The molecule has 4 aromatic rings. The molecule has 170 valence electrons. The lowest BCUT2D eigenvalue weighted by molar-refractivity contribution is 0.0697. The molecule has 9 heteroatoms. The number of pyridine rings is 1. The predicted molar refractivity (Wildman–Crippen MR) is 132 cm³/mol. The second-order valence-corrected chi connectivity index (χ2v) is 8.51. The van der Waals surface area contributed by atoms with Gasteiger partial charge in [-0.25, -0.2) is 4.79 Å². The van der Waals surface area contributed by atoms with Crippen molar-refractivity contribution in [3.8, 4) is 17.1 Å². The molecule has 2 atom stereocenters. The topological polar surface area (TPSA) is 98.8 Å². The van der Waals surface area contributed by atoms with Crippen molar-refractivity contribution < 1.29 is 19.4 Å². The zero-order valence-electron chi connectivity index (χ0n) is 17.6. The highest BCUT2D eigenvalue weighted by Crippen LogP contribution is 2.43. The maximum Gasteiger partial charge on any atom is 0.335 e. The number of aromatic hydroxyl groups is 1. The highest BCUT2D eigenvalue weighted by atomic mass is 35.5. The Kier molecular flexibility index (Phi) is 5.69. The van der Waals surface area contributed by atoms with Gasteiger partial charge in [-0.1, -0.05) is 17.7 Å². The third-order valence-corrected chi connectivity index (χ3v) is 6.27. The van der Waals surface area contributed by atoms with E-state index in [0.717, 1.165) is 11.4 Å². The maximum atomic E-state index is 11.4. The van der Waals surface area contributed by atoms with E-state index in [4.69, 9.17) is 28.2 Å². The predicted octanol–water partition coefficient (Wildman–Crippen LogP) is 5.58. The third kappa shape index (κ3) is 3.98. The number of aromatic nitrogens is 1. The van der Waals surface area contributed by atoms with Crippen LogP contribution in [0.5, 0.6) is 5.75 Å². The molecule has 3 N–H and O–H groups in total. The van der Waals surface area contributed by atoms with E-state index < -0.39 is 12.0 Å². The van der Waals surface area contributed by atoms with Crippen molar-refractivity contribution in [3.05, 3.63) is 101 Å². The van der Waals surface area contributed by atoms with Gasteiger partial charge in [-0.15, -0.1) is 0 Å². The van der Waals surface area contributed by atoms with Crippen molar-refractivity contribution >= 4 is 40.6 Å². The Morgan fingerprint density at radius 3 is 2.59 bits per heavy atom. The molecule has 1 fully saturated rings. The van der Waals surface area contributed by atoms with Gasteiger partial charge in [-0.3, -0.25) is 4.98 Å². The number of anilines is 1. The lowest BCUT2D eigenvalue weighted by atomic mass is 10.0. The highest BCUT2D eigenvalue weighted by Gasteiger charge is 2.42. The van der Waals surface area contributed by atoms with Crippen molar-refractivity contribution in [1.29, 1.82) is 0 Å². The van der Waals surface area contributed by atoms with E-state index in [-0.39, 0.29) is 17.4 Å². The minimum absolute atomic E-state index is 0.109. The van der Waals surface area contributed by atoms with Gasteiger partial charge >= 0.3 is 5.97 Å². The molecule has 1 saturated heterocycles. The number of rotatable bonds is 5. The summed E-state index contributed by atoms with van der Waals surface area (Å²) in [6.07, 6.45) is 1.71. The van der Waals surface area contributed by atoms with E-state index in [1.54, 1.807) is 36.5 Å². The number of aromatic carboxylic acids is 1. The van der Waals surface area contributed by atoms with Crippen LogP contribution in [0.15, 0.2) is 83.4 Å². The summed E-state index contributed by atoms with van der Waals surface area (Å²) < 4.78 is 6.25. The van der Waals surface area contributed by atoms with E-state index in [1.807, 2.05) is 29.2 Å². The summed E-state index contributed by atoms with van der Waals surface area (Å²) >= 11 is 12.0. The highest BCUT2D eigenvalue weighted by molar-refractivity contribution is 7.80. The number of phenols is 1. The summed E-state index contributed by atoms with van der Waals surface area (Å²) in [5, 5.41) is 23.3. The normalized spacial score (nSPS) is 17.6. The van der Waals surface area contributed by atoms with E-state index >= 15 is 0 Å². The van der Waals surface area contributed by atoms with Crippen molar-refractivity contribution in [3.63, 3.8) is 0 Å². The van der Waals surface area contributed by atoms with Crippen LogP contribution in [0.2, 0.25) is 5.02 Å². The number of thiocarbonyl (C=S) groups is 1. The van der Waals surface area contributed by atoms with Crippen LogP contribution >= 0.6 is 23.8 Å². The molecule has 0 unspecified atom stereocenters. The van der Waals surface area contributed by atoms with Gasteiger partial charge in [-0.2, -0.15) is 0 Å². The minimum Gasteiger partial charge on any atom is -0.508 e. The fraction of sp³-hybridized carbons (Fsp3) is 0.0800. The summed E-state index contributed by atoms with van der Waals surface area (Å²) in [6, 6.07) is 19.7. The van der Waals surface area contributed by atoms with Crippen LogP contribution in [0.4, 0.5) is 5.69 Å². The summed E-state index contributed by atoms with van der Waals surface area (Å²) in [6.45, 7) is 0. The van der Waals surface area contributed by atoms with Gasteiger partial charge in [0.15, 0.2) is 5.11 Å². The molecule has 0 bridgehead atoms. The van der Waals surface area contributed by atoms with Gasteiger partial charge < -0.3 is 24.8 Å². The number of carbonyl (C=O) groups is 1. The average Bonchev–Trinajstić information content (AvgIpc) is 3.45. The van der Waals surface area contributed by atoms with Gasteiger partial charge in [0.25, 0.3) is 0 Å². The summed E-state index contributed by atoms with van der Waals surface area (Å²) in [4.78, 5) is 17.9. The molecule has 5 rings (SSSR count). The molecule has 2 aromatic heterocycles. The molecule has 0 aliphatic carbocycles. The van der Waals surface area contributed by atoms with Crippen molar-refractivity contribution in [2.24, 2.45) is 0 Å². The number of hydrogen-bond donors (Lipinski definition) is 3. The molecule has 0 spiro atoms. The second kappa shape index (κ2) is 8.81. The fourth-order valence-corrected chi connectivity index (χ4v) is 4.60. The Labute approximate surface area is 205 Å². The summed E-state index contributed by atoms with van der Waals surface area (Å²) in [5.41, 5.74) is 2.13. The number of halogens is 1. The van der Waals surface area contributed by atoms with Crippen molar-refractivity contribution in [2.75, 3.05) is 4.90 Å². The van der Waals surface area contributed by atoms with Crippen LogP contribution in [0, 0.1) is 0 Å². The van der Waals surface area contributed by atoms with Crippen LogP contribution in [0.1, 0.15) is 33.9 Å². The maximum absolute atomic E-state index is 11.4. The lowest BCUT2D eigenvalue weighted by Crippen LogP contribution is -2.29. The third-order valence-electron chi connectivity index (χ3n) is 5.62. The fourth-order valence-electron chi connectivity index (χ4n) is 4.04. The average molecular weight is 492 g/mol. The Morgan fingerprint density at radius 1 is 1.09 bits per heavy atom. The van der Waals surface area contributed by atoms with E-state index in [9.17, 15) is 15.0 Å². The lowest BCUT2D eigenvalue weighted by Gasteiger charge is -2.26. The Hall–Kier alpha value is -3.88. The molecule has 3 heterocycles. The summed E-state index contributed by atoms with van der Waals surface area (Å²) in [5.74, 6) is 0.117. The Morgan fingerprint density at radius 2 is 1.88 bits per heavy atom. The van der Waals surface area contributed by atoms with Gasteiger partial charge in [-0.05, 0) is 78.9 Å². The first-order valence-electron chi connectivity index (χ1n) is 10.3. The van der Waals surface area contributed by atoms with Crippen LogP contribution in [-0.4, -0.2) is 26.3 Å². The van der Waals surface area contributed by atoms with Gasteiger partial charge in [0.05, 0.1) is 22.3 Å². The first kappa shape index (κ1) is 21.9. The standard InChI is InChI=1S/C25H18ClN3O4S/c26-18-9-4-14(24(31)32)13-17(18)20-10-11-21(33-20)23-22(19-3-1-2-12-27-19)28-25(34)29(23)15-5-7-16(30)8-6-15/h1-13,22-23,30H,(H,28,34)(H,31,32)/t22-,23-/m0/s1. The van der Waals surface area contributed by atoms with Crippen molar-refractivity contribution in [2.45, 2.75) is 12.1 Å². The molecule has 7 nitrogen and oxygen atoms in total. The Balaban J connectivity index is 1.61. The van der Waals surface area contributed by atoms with E-state index in [0.29, 0.717) is 27.2 Å². The number of phenolic OH excluding ortho intramolecular Hbond substituents is 1. The molecule has 0 saturated carbocycles. The molecule has 1 aliphatic heterocycles. The SMILES string of the molecule is O=C(O)c1ccc(Cl)c(-c2ccc([C@H]3[C@H](c4ccccn4)NC(=S)N3c3ccc(O)cc3)o2)c1. The second-order valence-electron chi connectivity index (χ2n) is 7.71. The van der Waals surface area contributed by atoms with E-state index in [2.05, 4.69) is 10.3 Å². The number of furan rings is 1. The molecule has 0 amide bonds. The smallest absolute Gasteiger partial charge is 0.335 e.